The number of carbonyl (C=O) groups is 1. The second-order valence-corrected chi connectivity index (χ2v) is 9.98. The summed E-state index contributed by atoms with van der Waals surface area (Å²) in [6.45, 7) is 6.92. The lowest BCUT2D eigenvalue weighted by molar-refractivity contribution is 0.0939. The molecule has 1 saturated heterocycles. The molecule has 2 aromatic rings. The van der Waals surface area contributed by atoms with E-state index in [1.54, 1.807) is 6.07 Å². The van der Waals surface area contributed by atoms with E-state index < -0.39 is 10.0 Å². The van der Waals surface area contributed by atoms with Crippen LogP contribution in [0.4, 0.5) is 0 Å². The average Bonchev–Trinajstić information content (AvgIpc) is 2.68. The molecule has 0 bridgehead atoms. The van der Waals surface area contributed by atoms with Crippen molar-refractivity contribution < 1.29 is 13.2 Å². The van der Waals surface area contributed by atoms with Crippen LogP contribution in [0.25, 0.3) is 0 Å². The van der Waals surface area contributed by atoms with Crippen LogP contribution in [-0.2, 0) is 10.0 Å². The van der Waals surface area contributed by atoms with E-state index in [-0.39, 0.29) is 27.4 Å². The summed E-state index contributed by atoms with van der Waals surface area (Å²) < 4.78 is 27.5. The third kappa shape index (κ3) is 4.82. The highest BCUT2D eigenvalue weighted by Crippen LogP contribution is 2.28. The Bertz CT molecular complexity index is 1010. The molecule has 2 aromatic carbocycles. The molecule has 1 amide bonds. The Morgan fingerprint density at radius 1 is 1.07 bits per heavy atom. The van der Waals surface area contributed by atoms with Crippen LogP contribution in [0.2, 0.25) is 5.02 Å². The summed E-state index contributed by atoms with van der Waals surface area (Å²) in [6.07, 6.45) is 2.70. The summed E-state index contributed by atoms with van der Waals surface area (Å²) in [6, 6.07) is 10.3. The van der Waals surface area contributed by atoms with Crippen molar-refractivity contribution in [1.29, 1.82) is 0 Å². The van der Waals surface area contributed by atoms with Crippen molar-refractivity contribution in [2.45, 2.75) is 51.0 Å². The first-order valence-corrected chi connectivity index (χ1v) is 11.7. The minimum atomic E-state index is -3.72. The molecule has 1 aliphatic rings. The van der Waals surface area contributed by atoms with Crippen LogP contribution in [0.5, 0.6) is 0 Å². The molecule has 1 fully saturated rings. The Balaban J connectivity index is 1.84. The second kappa shape index (κ2) is 8.86. The highest BCUT2D eigenvalue weighted by Gasteiger charge is 2.29. The summed E-state index contributed by atoms with van der Waals surface area (Å²) in [7, 11) is -3.72. The number of piperidine rings is 1. The topological polar surface area (TPSA) is 66.5 Å². The molecule has 156 valence electrons. The Morgan fingerprint density at radius 3 is 2.41 bits per heavy atom. The van der Waals surface area contributed by atoms with E-state index in [0.717, 1.165) is 36.0 Å². The molecule has 29 heavy (non-hydrogen) atoms. The van der Waals surface area contributed by atoms with E-state index >= 15 is 0 Å². The van der Waals surface area contributed by atoms with Crippen LogP contribution < -0.4 is 5.32 Å². The number of nitrogens with one attached hydrogen (secondary N) is 1. The maximum atomic E-state index is 13.0. The first kappa shape index (κ1) is 21.8. The summed E-state index contributed by atoms with van der Waals surface area (Å²) in [5, 5.41) is 3.09. The van der Waals surface area contributed by atoms with Gasteiger partial charge in [0, 0.05) is 18.7 Å². The normalized spacial score (nSPS) is 16.4. The quantitative estimate of drug-likeness (QED) is 0.746. The number of halogens is 1. The van der Waals surface area contributed by atoms with E-state index in [0.29, 0.717) is 13.1 Å². The van der Waals surface area contributed by atoms with Gasteiger partial charge in [-0.25, -0.2) is 8.42 Å². The average molecular weight is 435 g/mol. The zero-order chi connectivity index (χ0) is 21.2. The van der Waals surface area contributed by atoms with Crippen molar-refractivity contribution in [2.24, 2.45) is 0 Å². The van der Waals surface area contributed by atoms with Crippen LogP contribution in [0, 0.1) is 13.8 Å². The van der Waals surface area contributed by atoms with Gasteiger partial charge < -0.3 is 5.32 Å². The Labute approximate surface area is 178 Å². The van der Waals surface area contributed by atoms with Crippen molar-refractivity contribution >= 4 is 27.5 Å². The lowest BCUT2D eigenvalue weighted by Gasteiger charge is -2.26. The standard InChI is InChI=1S/C22H27ClN2O3S/c1-15-7-9-19(16(2)13-15)17(3)24-22(26)18-8-10-20(23)21(14-18)29(27,28)25-11-5-4-6-12-25/h7-10,13-14,17H,4-6,11-12H2,1-3H3,(H,24,26)/t17-/m1/s1. The lowest BCUT2D eigenvalue weighted by Crippen LogP contribution is -2.36. The zero-order valence-corrected chi connectivity index (χ0v) is 18.6. The Morgan fingerprint density at radius 2 is 1.76 bits per heavy atom. The van der Waals surface area contributed by atoms with E-state index in [9.17, 15) is 13.2 Å². The molecular weight excluding hydrogens is 408 g/mol. The van der Waals surface area contributed by atoms with Crippen molar-refractivity contribution in [3.63, 3.8) is 0 Å². The van der Waals surface area contributed by atoms with E-state index in [1.165, 1.54) is 16.4 Å². The first-order chi connectivity index (χ1) is 13.7. The SMILES string of the molecule is Cc1ccc([C@@H](C)NC(=O)c2ccc(Cl)c(S(=O)(=O)N3CCCCC3)c2)c(C)c1. The van der Waals surface area contributed by atoms with E-state index in [1.807, 2.05) is 32.9 Å². The molecule has 0 unspecified atom stereocenters. The first-order valence-electron chi connectivity index (χ1n) is 9.88. The fraction of sp³-hybridized carbons (Fsp3) is 0.409. The van der Waals surface area contributed by atoms with Gasteiger partial charge in [0.2, 0.25) is 10.0 Å². The van der Waals surface area contributed by atoms with Crippen LogP contribution >= 0.6 is 11.6 Å². The summed E-state index contributed by atoms with van der Waals surface area (Å²) in [4.78, 5) is 12.8. The minimum Gasteiger partial charge on any atom is -0.346 e. The molecule has 0 saturated carbocycles. The van der Waals surface area contributed by atoms with Crippen molar-refractivity contribution in [3.8, 4) is 0 Å². The predicted octanol–water partition coefficient (Wildman–Crippen LogP) is 4.62. The van der Waals surface area contributed by atoms with Gasteiger partial charge in [-0.1, -0.05) is 41.8 Å². The zero-order valence-electron chi connectivity index (χ0n) is 17.0. The van der Waals surface area contributed by atoms with Crippen molar-refractivity contribution in [3.05, 3.63) is 63.7 Å². The van der Waals surface area contributed by atoms with Gasteiger partial charge in [0.25, 0.3) is 5.91 Å². The number of sulfonamides is 1. The van der Waals surface area contributed by atoms with Crippen LogP contribution in [-0.4, -0.2) is 31.7 Å². The third-order valence-corrected chi connectivity index (χ3v) is 7.75. The predicted molar refractivity (Wildman–Crippen MR) is 116 cm³/mol. The lowest BCUT2D eigenvalue weighted by atomic mass is 10.00. The molecule has 0 aromatic heterocycles. The molecule has 1 heterocycles. The van der Waals surface area contributed by atoms with E-state index in [2.05, 4.69) is 11.4 Å². The maximum absolute atomic E-state index is 13.0. The summed E-state index contributed by atoms with van der Waals surface area (Å²) in [5.74, 6) is -0.329. The van der Waals surface area contributed by atoms with Crippen molar-refractivity contribution in [2.75, 3.05) is 13.1 Å². The van der Waals surface area contributed by atoms with Gasteiger partial charge in [0.05, 0.1) is 11.1 Å². The number of carbonyl (C=O) groups excluding carboxylic acids is 1. The van der Waals surface area contributed by atoms with Gasteiger partial charge in [-0.3, -0.25) is 4.79 Å². The molecule has 5 nitrogen and oxygen atoms in total. The molecule has 3 rings (SSSR count). The number of benzene rings is 2. The van der Waals surface area contributed by atoms with Gasteiger partial charge >= 0.3 is 0 Å². The van der Waals surface area contributed by atoms with Gasteiger partial charge in [0.15, 0.2) is 0 Å². The fourth-order valence-electron chi connectivity index (χ4n) is 3.76. The second-order valence-electron chi connectivity index (χ2n) is 7.67. The maximum Gasteiger partial charge on any atom is 0.251 e. The smallest absolute Gasteiger partial charge is 0.251 e. The molecule has 1 N–H and O–H groups in total. The van der Waals surface area contributed by atoms with E-state index in [4.69, 9.17) is 11.6 Å². The van der Waals surface area contributed by atoms with Gasteiger partial charge in [-0.05, 0) is 62.9 Å². The fourth-order valence-corrected chi connectivity index (χ4v) is 5.77. The number of rotatable bonds is 5. The number of hydrogen-bond donors (Lipinski definition) is 1. The van der Waals surface area contributed by atoms with Gasteiger partial charge in [-0.15, -0.1) is 0 Å². The molecule has 0 radical (unpaired) electrons. The monoisotopic (exact) mass is 434 g/mol. The molecular formula is C22H27ClN2O3S. The van der Waals surface area contributed by atoms with Gasteiger partial charge in [-0.2, -0.15) is 4.31 Å². The number of aryl methyl sites for hydroxylation is 2. The molecule has 1 aliphatic heterocycles. The number of amides is 1. The Hall–Kier alpha value is -1.89. The third-order valence-electron chi connectivity index (χ3n) is 5.37. The van der Waals surface area contributed by atoms with Crippen LogP contribution in [0.3, 0.4) is 0 Å². The molecule has 1 atom stereocenters. The largest absolute Gasteiger partial charge is 0.346 e. The molecule has 0 spiro atoms. The summed E-state index contributed by atoms with van der Waals surface area (Å²) >= 11 is 6.20. The van der Waals surface area contributed by atoms with Crippen LogP contribution in [0.1, 0.15) is 59.3 Å². The molecule has 7 heteroatoms. The number of nitrogens with zero attached hydrogens (tertiary/aromatic N) is 1. The highest BCUT2D eigenvalue weighted by atomic mass is 35.5. The summed E-state index contributed by atoms with van der Waals surface area (Å²) in [5.41, 5.74) is 3.57. The highest BCUT2D eigenvalue weighted by molar-refractivity contribution is 7.89. The Kier molecular flexibility index (Phi) is 6.66. The van der Waals surface area contributed by atoms with Gasteiger partial charge in [0.1, 0.15) is 4.90 Å². The minimum absolute atomic E-state index is 0.00659. The number of hydrogen-bond acceptors (Lipinski definition) is 3. The van der Waals surface area contributed by atoms with Crippen molar-refractivity contribution in [1.82, 2.24) is 9.62 Å². The van der Waals surface area contributed by atoms with Crippen LogP contribution in [0.15, 0.2) is 41.3 Å². The molecule has 0 aliphatic carbocycles.